The van der Waals surface area contributed by atoms with E-state index in [2.05, 4.69) is 5.32 Å². The maximum absolute atomic E-state index is 13.5. The van der Waals surface area contributed by atoms with Gasteiger partial charge in [-0.15, -0.1) is 0 Å². The van der Waals surface area contributed by atoms with E-state index in [1.165, 1.54) is 0 Å². The van der Waals surface area contributed by atoms with E-state index in [-0.39, 0.29) is 12.4 Å². The molecule has 3 rings (SSSR count). The van der Waals surface area contributed by atoms with Gasteiger partial charge in [0.25, 0.3) is 0 Å². The minimum absolute atomic E-state index is 0.0224. The van der Waals surface area contributed by atoms with Crippen LogP contribution in [0.3, 0.4) is 0 Å². The zero-order chi connectivity index (χ0) is 24.6. The largest absolute Gasteiger partial charge is 0.490 e. The molecule has 0 aliphatic rings. The molecule has 0 aliphatic carbocycles. The van der Waals surface area contributed by atoms with Crippen molar-refractivity contribution in [2.75, 3.05) is 18.5 Å². The zero-order valence-corrected chi connectivity index (χ0v) is 20.1. The van der Waals surface area contributed by atoms with Crippen LogP contribution in [-0.4, -0.2) is 23.9 Å². The molecule has 5 N–H and O–H groups in total. The van der Waals surface area contributed by atoms with E-state index in [9.17, 15) is 9.46 Å². The quantitative estimate of drug-likeness (QED) is 0.157. The van der Waals surface area contributed by atoms with Crippen LogP contribution in [0.2, 0.25) is 0 Å². The van der Waals surface area contributed by atoms with Crippen LogP contribution in [-0.2, 0) is 15.7 Å². The van der Waals surface area contributed by atoms with E-state index in [0.717, 1.165) is 5.56 Å². The second-order valence-electron chi connectivity index (χ2n) is 7.43. The Morgan fingerprint density at radius 1 is 1.00 bits per heavy atom. The van der Waals surface area contributed by atoms with Crippen molar-refractivity contribution in [2.45, 2.75) is 26.2 Å². The van der Waals surface area contributed by atoms with Gasteiger partial charge < -0.3 is 29.9 Å². The van der Waals surface area contributed by atoms with Crippen LogP contribution in [0.15, 0.2) is 72.8 Å². The molecule has 0 aromatic heterocycles. The first-order valence-corrected chi connectivity index (χ1v) is 12.6. The van der Waals surface area contributed by atoms with Crippen LogP contribution in [0.1, 0.15) is 36.3 Å². The summed E-state index contributed by atoms with van der Waals surface area (Å²) >= 11 is 0. The summed E-state index contributed by atoms with van der Waals surface area (Å²) < 4.78 is 30.4. The summed E-state index contributed by atoms with van der Waals surface area (Å²) in [7, 11) is -4.23. The first kappa shape index (κ1) is 25.3. The summed E-state index contributed by atoms with van der Waals surface area (Å²) in [5.74, 6) is -0.122. The monoisotopic (exact) mass is 483 g/mol. The molecule has 8 nitrogen and oxygen atoms in total. The smallest absolute Gasteiger partial charge is 0.355 e. The highest BCUT2D eigenvalue weighted by Crippen LogP contribution is 2.57. The molecule has 0 fully saturated rings. The van der Waals surface area contributed by atoms with Crippen LogP contribution in [0.5, 0.6) is 11.5 Å². The highest BCUT2D eigenvalue weighted by Gasteiger charge is 2.35. The van der Waals surface area contributed by atoms with Crippen molar-refractivity contribution in [1.29, 1.82) is 5.41 Å². The Bertz CT molecular complexity index is 1140. The molecule has 0 aliphatic heterocycles. The van der Waals surface area contributed by atoms with Crippen molar-refractivity contribution < 1.29 is 23.5 Å². The van der Waals surface area contributed by atoms with E-state index in [1.807, 2.05) is 44.2 Å². The zero-order valence-electron chi connectivity index (χ0n) is 19.2. The predicted octanol–water partition coefficient (Wildman–Crippen LogP) is 5.28. The van der Waals surface area contributed by atoms with Gasteiger partial charge in [-0.25, -0.2) is 0 Å². The molecule has 180 valence electrons. The third kappa shape index (κ3) is 6.60. The molecule has 2 unspecified atom stereocenters. The third-order valence-electron chi connectivity index (χ3n) is 4.97. The molecule has 0 heterocycles. The summed E-state index contributed by atoms with van der Waals surface area (Å²) in [5, 5.41) is 10.7. The standard InChI is InChI=1S/C25H30N3O5P/c1-3-31-22-15-12-20(16-23(22)32-4-2)25(28-21-13-10-19(11-14-21)24(26)27)34(29,30)33-17-18-8-6-5-7-9-18/h5-16,25,28H,3-4,17H2,1-2H3,(H3,26,27)(H,29,30). The van der Waals surface area contributed by atoms with Gasteiger partial charge in [0.2, 0.25) is 0 Å². The lowest BCUT2D eigenvalue weighted by Gasteiger charge is -2.26. The third-order valence-corrected chi connectivity index (χ3v) is 6.55. The Morgan fingerprint density at radius 2 is 1.65 bits per heavy atom. The molecule has 3 aromatic carbocycles. The van der Waals surface area contributed by atoms with Gasteiger partial charge in [-0.2, -0.15) is 0 Å². The highest BCUT2D eigenvalue weighted by atomic mass is 31.2. The second-order valence-corrected chi connectivity index (χ2v) is 9.34. The van der Waals surface area contributed by atoms with E-state index < -0.39 is 13.4 Å². The molecular formula is C25H30N3O5P. The SMILES string of the molecule is CCOc1ccc(C(Nc2ccc(C(=N)N)cc2)P(=O)(O)OCc2ccccc2)cc1OCC. The van der Waals surface area contributed by atoms with Gasteiger partial charge in [-0.3, -0.25) is 9.97 Å². The Hall–Kier alpha value is -3.32. The van der Waals surface area contributed by atoms with Crippen LogP contribution in [0.4, 0.5) is 5.69 Å². The molecule has 0 spiro atoms. The molecule has 34 heavy (non-hydrogen) atoms. The van der Waals surface area contributed by atoms with Gasteiger partial charge in [0.05, 0.1) is 19.8 Å². The maximum Gasteiger partial charge on any atom is 0.355 e. The average molecular weight is 484 g/mol. The Labute approximate surface area is 199 Å². The second kappa shape index (κ2) is 11.7. The molecule has 0 saturated heterocycles. The minimum atomic E-state index is -4.23. The first-order valence-electron chi connectivity index (χ1n) is 11.0. The van der Waals surface area contributed by atoms with Crippen molar-refractivity contribution in [3.63, 3.8) is 0 Å². The minimum Gasteiger partial charge on any atom is -0.490 e. The van der Waals surface area contributed by atoms with Gasteiger partial charge in [-0.1, -0.05) is 36.4 Å². The number of rotatable bonds is 12. The van der Waals surface area contributed by atoms with E-state index in [0.29, 0.717) is 41.5 Å². The number of benzene rings is 3. The fourth-order valence-electron chi connectivity index (χ4n) is 3.31. The number of hydrogen-bond donors (Lipinski definition) is 4. The van der Waals surface area contributed by atoms with Gasteiger partial charge in [0.1, 0.15) is 5.84 Å². The Balaban J connectivity index is 1.96. The fourth-order valence-corrected chi connectivity index (χ4v) is 4.64. The first-order chi connectivity index (χ1) is 16.3. The highest BCUT2D eigenvalue weighted by molar-refractivity contribution is 7.53. The number of nitrogens with one attached hydrogen (secondary N) is 2. The van der Waals surface area contributed by atoms with Crippen LogP contribution in [0.25, 0.3) is 0 Å². The van der Waals surface area contributed by atoms with Crippen molar-refractivity contribution >= 4 is 19.1 Å². The number of hydrogen-bond acceptors (Lipinski definition) is 6. The van der Waals surface area contributed by atoms with Crippen molar-refractivity contribution in [1.82, 2.24) is 0 Å². The fraction of sp³-hybridized carbons (Fsp3) is 0.240. The molecule has 0 amide bonds. The van der Waals surface area contributed by atoms with Gasteiger partial charge in [-0.05, 0) is 61.4 Å². The lowest BCUT2D eigenvalue weighted by Crippen LogP contribution is -2.14. The van der Waals surface area contributed by atoms with Crippen molar-refractivity contribution in [2.24, 2.45) is 5.73 Å². The molecule has 3 aromatic rings. The summed E-state index contributed by atoms with van der Waals surface area (Å²) in [6, 6.07) is 21.0. The van der Waals surface area contributed by atoms with Crippen molar-refractivity contribution in [3.8, 4) is 11.5 Å². The molecule has 2 atom stereocenters. The lowest BCUT2D eigenvalue weighted by molar-refractivity contribution is 0.244. The number of anilines is 1. The maximum atomic E-state index is 13.5. The summed E-state index contributed by atoms with van der Waals surface area (Å²) in [5.41, 5.74) is 7.94. The number of nitrogens with two attached hydrogens (primary N) is 1. The number of ether oxygens (including phenoxy) is 2. The van der Waals surface area contributed by atoms with Gasteiger partial charge in [0.15, 0.2) is 17.3 Å². The molecule has 9 heteroatoms. The van der Waals surface area contributed by atoms with Crippen LogP contribution >= 0.6 is 7.60 Å². The molecule has 0 radical (unpaired) electrons. The summed E-state index contributed by atoms with van der Waals surface area (Å²) in [4.78, 5) is 11.0. The predicted molar refractivity (Wildman–Crippen MR) is 134 cm³/mol. The summed E-state index contributed by atoms with van der Waals surface area (Å²) in [6.45, 7) is 4.58. The van der Waals surface area contributed by atoms with E-state index >= 15 is 0 Å². The average Bonchev–Trinajstić information content (AvgIpc) is 2.83. The molecule has 0 bridgehead atoms. The lowest BCUT2D eigenvalue weighted by atomic mass is 10.1. The number of nitrogen functional groups attached to an aromatic ring is 1. The Morgan fingerprint density at radius 3 is 2.26 bits per heavy atom. The van der Waals surface area contributed by atoms with E-state index in [1.54, 1.807) is 42.5 Å². The normalized spacial score (nSPS) is 13.5. The molecular weight excluding hydrogens is 453 g/mol. The number of amidine groups is 1. The van der Waals surface area contributed by atoms with Crippen molar-refractivity contribution in [3.05, 3.63) is 89.5 Å². The Kier molecular flexibility index (Phi) is 8.71. The van der Waals surface area contributed by atoms with Gasteiger partial charge in [0, 0.05) is 11.3 Å². The van der Waals surface area contributed by atoms with Crippen LogP contribution in [0, 0.1) is 5.41 Å². The van der Waals surface area contributed by atoms with Gasteiger partial charge >= 0.3 is 7.60 Å². The topological polar surface area (TPSA) is 127 Å². The summed E-state index contributed by atoms with van der Waals surface area (Å²) in [6.07, 6.45) is 0. The molecule has 0 saturated carbocycles. The van der Waals surface area contributed by atoms with Crippen LogP contribution < -0.4 is 20.5 Å². The van der Waals surface area contributed by atoms with E-state index in [4.69, 9.17) is 25.1 Å².